The van der Waals surface area contributed by atoms with Gasteiger partial charge in [0.15, 0.2) is 0 Å². The second-order valence-electron chi connectivity index (χ2n) is 3.86. The van der Waals surface area contributed by atoms with Gasteiger partial charge in [0.1, 0.15) is 6.61 Å². The van der Waals surface area contributed by atoms with Crippen LogP contribution in [0.15, 0.2) is 0 Å². The molecule has 4 heteroatoms. The highest BCUT2D eigenvalue weighted by atomic mass is 16.5. The highest BCUT2D eigenvalue weighted by Gasteiger charge is 2.19. The van der Waals surface area contributed by atoms with Crippen LogP contribution in [-0.4, -0.2) is 49.7 Å². The first-order valence-corrected chi connectivity index (χ1v) is 5.86. The van der Waals surface area contributed by atoms with E-state index in [4.69, 9.17) is 4.74 Å². The molecule has 0 aromatic heterocycles. The molecule has 1 unspecified atom stereocenters. The first-order valence-electron chi connectivity index (χ1n) is 5.86. The Bertz CT molecular complexity index is 191. The minimum Gasteiger partial charge on any atom is -0.372 e. The number of nitrogens with one attached hydrogen (secondary N) is 1. The zero-order chi connectivity index (χ0) is 11.1. The molecule has 0 spiro atoms. The van der Waals surface area contributed by atoms with Gasteiger partial charge in [-0.1, -0.05) is 0 Å². The lowest BCUT2D eigenvalue weighted by atomic mass is 10.2. The van der Waals surface area contributed by atoms with Gasteiger partial charge in [-0.2, -0.15) is 0 Å². The Morgan fingerprint density at radius 2 is 2.33 bits per heavy atom. The smallest absolute Gasteiger partial charge is 0.248 e. The van der Waals surface area contributed by atoms with Gasteiger partial charge in [0.2, 0.25) is 5.91 Å². The van der Waals surface area contributed by atoms with E-state index in [9.17, 15) is 4.79 Å². The number of likely N-dealkylation sites (N-methyl/N-ethyl adjacent to an activating group) is 1. The Hall–Kier alpha value is -0.610. The molecule has 0 radical (unpaired) electrons. The molecule has 1 aliphatic heterocycles. The molecule has 1 amide bonds. The molecule has 4 nitrogen and oxygen atoms in total. The fraction of sp³-hybridized carbons (Fsp3) is 0.909. The topological polar surface area (TPSA) is 41.6 Å². The lowest BCUT2D eigenvalue weighted by Crippen LogP contribution is -2.42. The summed E-state index contributed by atoms with van der Waals surface area (Å²) in [5.41, 5.74) is 0. The number of carbonyl (C=O) groups is 1. The van der Waals surface area contributed by atoms with E-state index in [-0.39, 0.29) is 12.5 Å². The van der Waals surface area contributed by atoms with Gasteiger partial charge in [0, 0.05) is 25.7 Å². The molecular weight excluding hydrogens is 192 g/mol. The first-order chi connectivity index (χ1) is 7.27. The summed E-state index contributed by atoms with van der Waals surface area (Å²) >= 11 is 0. The number of hydrogen-bond donors (Lipinski definition) is 1. The Kier molecular flexibility index (Phi) is 5.65. The van der Waals surface area contributed by atoms with Crippen molar-refractivity contribution in [3.05, 3.63) is 0 Å². The van der Waals surface area contributed by atoms with E-state index in [1.807, 2.05) is 18.7 Å². The average Bonchev–Trinajstić information content (AvgIpc) is 2.75. The highest BCUT2D eigenvalue weighted by Crippen LogP contribution is 2.07. The minimum absolute atomic E-state index is 0.105. The zero-order valence-corrected chi connectivity index (χ0v) is 9.79. The van der Waals surface area contributed by atoms with Crippen LogP contribution in [0, 0.1) is 0 Å². The van der Waals surface area contributed by atoms with E-state index in [1.165, 1.54) is 12.8 Å². The maximum absolute atomic E-state index is 11.7. The normalized spacial score (nSPS) is 20.5. The molecule has 1 rings (SSSR count). The van der Waals surface area contributed by atoms with Crippen molar-refractivity contribution >= 4 is 5.91 Å². The third kappa shape index (κ3) is 4.18. The molecule has 0 saturated carbocycles. The quantitative estimate of drug-likeness (QED) is 0.705. The summed E-state index contributed by atoms with van der Waals surface area (Å²) in [4.78, 5) is 13.6. The summed E-state index contributed by atoms with van der Waals surface area (Å²) in [5.74, 6) is 0.105. The second-order valence-corrected chi connectivity index (χ2v) is 3.86. The summed E-state index contributed by atoms with van der Waals surface area (Å²) in [6.07, 6.45) is 2.40. The van der Waals surface area contributed by atoms with Gasteiger partial charge in [-0.05, 0) is 33.2 Å². The lowest BCUT2D eigenvalue weighted by Gasteiger charge is -2.24. The van der Waals surface area contributed by atoms with Crippen LogP contribution in [0.4, 0.5) is 0 Å². The van der Waals surface area contributed by atoms with E-state index < -0.39 is 0 Å². The molecule has 1 fully saturated rings. The number of nitrogens with zero attached hydrogens (tertiary/aromatic N) is 1. The monoisotopic (exact) mass is 214 g/mol. The molecule has 0 aromatic rings. The van der Waals surface area contributed by atoms with E-state index in [0.29, 0.717) is 12.6 Å². The SMILES string of the molecule is CCOCC(=O)N(CC)CC1CCCN1. The number of hydrogen-bond acceptors (Lipinski definition) is 3. The predicted octanol–water partition coefficient (Wildman–Crippen LogP) is 0.623. The molecule has 1 saturated heterocycles. The van der Waals surface area contributed by atoms with E-state index in [0.717, 1.165) is 19.6 Å². The van der Waals surface area contributed by atoms with Crippen molar-refractivity contribution in [2.75, 3.05) is 32.8 Å². The van der Waals surface area contributed by atoms with Crippen molar-refractivity contribution in [2.24, 2.45) is 0 Å². The predicted molar refractivity (Wildman–Crippen MR) is 59.8 cm³/mol. The lowest BCUT2D eigenvalue weighted by molar-refractivity contribution is -0.136. The molecule has 1 heterocycles. The molecule has 1 N–H and O–H groups in total. The van der Waals surface area contributed by atoms with Gasteiger partial charge in [0.25, 0.3) is 0 Å². The van der Waals surface area contributed by atoms with Crippen molar-refractivity contribution in [1.82, 2.24) is 10.2 Å². The summed E-state index contributed by atoms with van der Waals surface area (Å²) in [6.45, 7) is 7.41. The summed E-state index contributed by atoms with van der Waals surface area (Å²) in [5, 5.41) is 3.40. The van der Waals surface area contributed by atoms with Crippen LogP contribution >= 0.6 is 0 Å². The standard InChI is InChI=1S/C11H22N2O2/c1-3-13(11(14)9-15-4-2)8-10-6-5-7-12-10/h10,12H,3-9H2,1-2H3. The maximum Gasteiger partial charge on any atom is 0.248 e. The van der Waals surface area contributed by atoms with Crippen molar-refractivity contribution in [3.63, 3.8) is 0 Å². The largest absolute Gasteiger partial charge is 0.372 e. The maximum atomic E-state index is 11.7. The van der Waals surface area contributed by atoms with Crippen molar-refractivity contribution in [3.8, 4) is 0 Å². The highest BCUT2D eigenvalue weighted by molar-refractivity contribution is 5.77. The number of carbonyl (C=O) groups excluding carboxylic acids is 1. The zero-order valence-electron chi connectivity index (χ0n) is 9.79. The van der Waals surface area contributed by atoms with Gasteiger partial charge in [0.05, 0.1) is 0 Å². The van der Waals surface area contributed by atoms with Crippen molar-refractivity contribution in [2.45, 2.75) is 32.7 Å². The summed E-state index contributed by atoms with van der Waals surface area (Å²) < 4.78 is 5.13. The Morgan fingerprint density at radius 1 is 1.53 bits per heavy atom. The Balaban J connectivity index is 2.29. The number of rotatable bonds is 6. The Labute approximate surface area is 92.0 Å². The second kappa shape index (κ2) is 6.80. The van der Waals surface area contributed by atoms with Crippen LogP contribution in [0.2, 0.25) is 0 Å². The van der Waals surface area contributed by atoms with Gasteiger partial charge in [-0.15, -0.1) is 0 Å². The van der Waals surface area contributed by atoms with Gasteiger partial charge in [-0.25, -0.2) is 0 Å². The molecule has 1 aliphatic rings. The van der Waals surface area contributed by atoms with Crippen LogP contribution in [0.25, 0.3) is 0 Å². The number of amides is 1. The number of ether oxygens (including phenoxy) is 1. The molecule has 0 bridgehead atoms. The molecule has 0 aromatic carbocycles. The third-order valence-corrected chi connectivity index (χ3v) is 2.77. The molecule has 15 heavy (non-hydrogen) atoms. The fourth-order valence-corrected chi connectivity index (χ4v) is 1.87. The minimum atomic E-state index is 0.105. The van der Waals surface area contributed by atoms with Gasteiger partial charge >= 0.3 is 0 Å². The summed E-state index contributed by atoms with van der Waals surface area (Å²) in [6, 6.07) is 0.482. The third-order valence-electron chi connectivity index (χ3n) is 2.77. The van der Waals surface area contributed by atoms with Gasteiger partial charge < -0.3 is 15.0 Å². The Morgan fingerprint density at radius 3 is 2.87 bits per heavy atom. The molecule has 0 aliphatic carbocycles. The van der Waals surface area contributed by atoms with Crippen LogP contribution in [0.1, 0.15) is 26.7 Å². The van der Waals surface area contributed by atoms with E-state index >= 15 is 0 Å². The van der Waals surface area contributed by atoms with Crippen LogP contribution < -0.4 is 5.32 Å². The van der Waals surface area contributed by atoms with Crippen LogP contribution in [0.5, 0.6) is 0 Å². The first kappa shape index (κ1) is 12.5. The van der Waals surface area contributed by atoms with Gasteiger partial charge in [-0.3, -0.25) is 4.79 Å². The molecule has 1 atom stereocenters. The van der Waals surface area contributed by atoms with Crippen LogP contribution in [-0.2, 0) is 9.53 Å². The molecular formula is C11H22N2O2. The van der Waals surface area contributed by atoms with Crippen molar-refractivity contribution < 1.29 is 9.53 Å². The summed E-state index contributed by atoms with van der Waals surface area (Å²) in [7, 11) is 0. The fourth-order valence-electron chi connectivity index (χ4n) is 1.87. The van der Waals surface area contributed by atoms with E-state index in [2.05, 4.69) is 5.32 Å². The van der Waals surface area contributed by atoms with Crippen molar-refractivity contribution in [1.29, 1.82) is 0 Å². The molecule has 88 valence electrons. The van der Waals surface area contributed by atoms with E-state index in [1.54, 1.807) is 0 Å². The average molecular weight is 214 g/mol. The van der Waals surface area contributed by atoms with Crippen LogP contribution in [0.3, 0.4) is 0 Å².